The number of pyridine rings is 1. The number of rotatable bonds is 1. The lowest BCUT2D eigenvalue weighted by Crippen LogP contribution is -2.26. The van der Waals surface area contributed by atoms with Gasteiger partial charge < -0.3 is 4.57 Å². The van der Waals surface area contributed by atoms with E-state index in [1.807, 2.05) is 19.6 Å². The van der Waals surface area contributed by atoms with Crippen LogP contribution in [0.5, 0.6) is 0 Å². The van der Waals surface area contributed by atoms with Crippen LogP contribution in [-0.2, 0) is 14.1 Å². The SMILES string of the molecule is Cc1c(-c2cncn2C)ccc2c3ccccc3n3cc[n+](C)c3c12. The van der Waals surface area contributed by atoms with Gasteiger partial charge in [0.05, 0.1) is 30.7 Å². The molecule has 122 valence electrons. The fourth-order valence-corrected chi connectivity index (χ4v) is 4.00. The predicted octanol–water partition coefficient (Wildman–Crippen LogP) is 3.78. The Hall–Kier alpha value is -3.14. The number of fused-ring (bicyclic) bond motifs is 6. The van der Waals surface area contributed by atoms with Crippen molar-refractivity contribution in [3.05, 3.63) is 66.9 Å². The van der Waals surface area contributed by atoms with E-state index in [1.165, 1.54) is 38.4 Å². The Morgan fingerprint density at radius 1 is 1.04 bits per heavy atom. The molecule has 0 aliphatic rings. The maximum absolute atomic E-state index is 4.29. The molecule has 0 aliphatic heterocycles. The molecule has 5 aromatic rings. The van der Waals surface area contributed by atoms with Crippen LogP contribution in [0.15, 0.2) is 61.3 Å². The van der Waals surface area contributed by atoms with Gasteiger partial charge in [0.25, 0.3) is 5.65 Å². The summed E-state index contributed by atoms with van der Waals surface area (Å²) in [5.41, 5.74) is 6.10. The Balaban J connectivity index is 2.05. The summed E-state index contributed by atoms with van der Waals surface area (Å²) in [6, 6.07) is 13.1. The molecule has 4 heteroatoms. The van der Waals surface area contributed by atoms with Gasteiger partial charge in [0.2, 0.25) is 0 Å². The maximum atomic E-state index is 4.29. The smallest absolute Gasteiger partial charge is 0.294 e. The Morgan fingerprint density at radius 2 is 1.88 bits per heavy atom. The van der Waals surface area contributed by atoms with Crippen LogP contribution in [0.2, 0.25) is 0 Å². The summed E-state index contributed by atoms with van der Waals surface area (Å²) >= 11 is 0. The first-order valence-electron chi connectivity index (χ1n) is 8.44. The molecule has 0 atom stereocenters. The third kappa shape index (κ3) is 1.82. The van der Waals surface area contributed by atoms with Crippen molar-refractivity contribution in [3.63, 3.8) is 0 Å². The molecule has 0 saturated heterocycles. The van der Waals surface area contributed by atoms with Crippen molar-refractivity contribution in [1.82, 2.24) is 14.0 Å². The van der Waals surface area contributed by atoms with Crippen LogP contribution < -0.4 is 4.57 Å². The number of para-hydroxylation sites is 1. The van der Waals surface area contributed by atoms with E-state index in [-0.39, 0.29) is 0 Å². The van der Waals surface area contributed by atoms with Gasteiger partial charge in [-0.1, -0.05) is 30.3 Å². The minimum atomic E-state index is 1.14. The van der Waals surface area contributed by atoms with Gasteiger partial charge in [0, 0.05) is 23.4 Å². The predicted molar refractivity (Wildman–Crippen MR) is 101 cm³/mol. The summed E-state index contributed by atoms with van der Waals surface area (Å²) in [6.07, 6.45) is 8.06. The van der Waals surface area contributed by atoms with Crippen molar-refractivity contribution in [3.8, 4) is 11.3 Å². The molecule has 0 unspecified atom stereocenters. The van der Waals surface area contributed by atoms with Crippen LogP contribution in [0, 0.1) is 6.92 Å². The summed E-state index contributed by atoms with van der Waals surface area (Å²) in [5, 5.41) is 3.87. The molecule has 0 spiro atoms. The van der Waals surface area contributed by atoms with Crippen LogP contribution >= 0.6 is 0 Å². The van der Waals surface area contributed by atoms with E-state index in [1.54, 1.807) is 0 Å². The van der Waals surface area contributed by atoms with Crippen molar-refractivity contribution < 1.29 is 4.57 Å². The second kappa shape index (κ2) is 4.93. The summed E-state index contributed by atoms with van der Waals surface area (Å²) in [6.45, 7) is 2.21. The van der Waals surface area contributed by atoms with Gasteiger partial charge >= 0.3 is 0 Å². The maximum Gasteiger partial charge on any atom is 0.294 e. The van der Waals surface area contributed by atoms with E-state index in [0.717, 1.165) is 5.69 Å². The van der Waals surface area contributed by atoms with Crippen LogP contribution in [0.25, 0.3) is 38.6 Å². The molecule has 0 radical (unpaired) electrons. The zero-order valence-corrected chi connectivity index (χ0v) is 14.6. The first kappa shape index (κ1) is 14.2. The van der Waals surface area contributed by atoms with Gasteiger partial charge in [-0.25, -0.2) is 9.55 Å². The van der Waals surface area contributed by atoms with Crippen LogP contribution in [0.4, 0.5) is 0 Å². The highest BCUT2D eigenvalue weighted by Crippen LogP contribution is 2.35. The lowest BCUT2D eigenvalue weighted by Gasteiger charge is -2.12. The number of hydrogen-bond acceptors (Lipinski definition) is 1. The average Bonchev–Trinajstić information content (AvgIpc) is 3.22. The van der Waals surface area contributed by atoms with Crippen molar-refractivity contribution in [2.24, 2.45) is 14.1 Å². The summed E-state index contributed by atoms with van der Waals surface area (Å²) < 4.78 is 6.57. The van der Waals surface area contributed by atoms with E-state index in [9.17, 15) is 0 Å². The van der Waals surface area contributed by atoms with Crippen molar-refractivity contribution in [1.29, 1.82) is 0 Å². The highest BCUT2D eigenvalue weighted by Gasteiger charge is 2.20. The third-order valence-corrected chi connectivity index (χ3v) is 5.24. The van der Waals surface area contributed by atoms with Gasteiger partial charge in [-0.3, -0.25) is 0 Å². The number of aryl methyl sites for hydroxylation is 3. The second-order valence-electron chi connectivity index (χ2n) is 6.67. The van der Waals surface area contributed by atoms with E-state index < -0.39 is 0 Å². The molecular weight excluding hydrogens is 308 g/mol. The lowest BCUT2D eigenvalue weighted by atomic mass is 9.96. The highest BCUT2D eigenvalue weighted by atomic mass is 15.1. The quantitative estimate of drug-likeness (QED) is 0.340. The van der Waals surface area contributed by atoms with Gasteiger partial charge in [-0.15, -0.1) is 0 Å². The molecule has 0 aliphatic carbocycles. The Kier molecular flexibility index (Phi) is 2.80. The molecule has 0 N–H and O–H groups in total. The topological polar surface area (TPSA) is 26.1 Å². The second-order valence-corrected chi connectivity index (χ2v) is 6.67. The van der Waals surface area contributed by atoms with E-state index in [0.29, 0.717) is 0 Å². The van der Waals surface area contributed by atoms with Gasteiger partial charge in [-0.05, 0) is 18.6 Å². The normalized spacial score (nSPS) is 11.8. The summed E-state index contributed by atoms with van der Waals surface area (Å²) in [4.78, 5) is 4.29. The third-order valence-electron chi connectivity index (χ3n) is 5.24. The van der Waals surface area contributed by atoms with Crippen LogP contribution in [-0.4, -0.2) is 14.0 Å². The van der Waals surface area contributed by atoms with Crippen molar-refractivity contribution in [2.45, 2.75) is 6.92 Å². The molecule has 2 aromatic carbocycles. The van der Waals surface area contributed by atoms with Gasteiger partial charge in [0.15, 0.2) is 0 Å². The Morgan fingerprint density at radius 3 is 2.68 bits per heavy atom. The zero-order chi connectivity index (χ0) is 17.1. The van der Waals surface area contributed by atoms with Gasteiger partial charge in [-0.2, -0.15) is 4.40 Å². The Bertz CT molecular complexity index is 1270. The molecule has 0 saturated carbocycles. The van der Waals surface area contributed by atoms with E-state index in [4.69, 9.17) is 0 Å². The molecule has 0 amide bonds. The van der Waals surface area contributed by atoms with E-state index in [2.05, 4.69) is 81.3 Å². The molecule has 3 heterocycles. The summed E-state index contributed by atoms with van der Waals surface area (Å²) in [5.74, 6) is 0. The first-order valence-corrected chi connectivity index (χ1v) is 8.44. The number of imidazole rings is 2. The number of aromatic nitrogens is 4. The molecular formula is C21H19N4+. The first-order chi connectivity index (χ1) is 12.2. The number of hydrogen-bond donors (Lipinski definition) is 0. The molecule has 3 aromatic heterocycles. The molecule has 0 bridgehead atoms. The number of nitrogens with zero attached hydrogens (tertiary/aromatic N) is 4. The Labute approximate surface area is 145 Å². The fourth-order valence-electron chi connectivity index (χ4n) is 4.00. The monoisotopic (exact) mass is 327 g/mol. The summed E-state index contributed by atoms with van der Waals surface area (Å²) in [7, 11) is 4.15. The van der Waals surface area contributed by atoms with Gasteiger partial charge in [0.1, 0.15) is 17.9 Å². The van der Waals surface area contributed by atoms with Crippen molar-refractivity contribution in [2.75, 3.05) is 0 Å². The zero-order valence-electron chi connectivity index (χ0n) is 14.6. The standard InChI is InChI=1S/C21H19N4/c1-14-15(19-12-22-13-24(19)3)8-9-17-16-6-4-5-7-18(16)25-11-10-23(2)21(25)20(14)17/h4-13H,1-3H3/q+1. The minimum absolute atomic E-state index is 1.14. The number of benzene rings is 2. The fraction of sp³-hybridized carbons (Fsp3) is 0.143. The van der Waals surface area contributed by atoms with E-state index >= 15 is 0 Å². The van der Waals surface area contributed by atoms with Crippen LogP contribution in [0.3, 0.4) is 0 Å². The molecule has 25 heavy (non-hydrogen) atoms. The molecule has 4 nitrogen and oxygen atoms in total. The molecule has 5 rings (SSSR count). The molecule has 0 fully saturated rings. The van der Waals surface area contributed by atoms with Crippen LogP contribution in [0.1, 0.15) is 5.56 Å². The lowest BCUT2D eigenvalue weighted by molar-refractivity contribution is -0.643. The average molecular weight is 327 g/mol. The largest absolute Gasteiger partial charge is 0.334 e. The van der Waals surface area contributed by atoms with Crippen molar-refractivity contribution >= 4 is 27.3 Å². The highest BCUT2D eigenvalue weighted by molar-refractivity contribution is 6.13. The minimum Gasteiger partial charge on any atom is -0.334 e.